The lowest BCUT2D eigenvalue weighted by Crippen LogP contribution is -2.25. The number of hydrogen-bond donors (Lipinski definition) is 2. The van der Waals surface area contributed by atoms with Gasteiger partial charge in [0.05, 0.1) is 17.2 Å². The molecule has 2 N–H and O–H groups in total. The van der Waals surface area contributed by atoms with E-state index in [-0.39, 0.29) is 5.91 Å². The van der Waals surface area contributed by atoms with E-state index in [1.165, 1.54) is 5.56 Å². The minimum absolute atomic E-state index is 0.00199. The maximum atomic E-state index is 12.3. The lowest BCUT2D eigenvalue weighted by Gasteiger charge is -2.05. The number of carbonyl (C=O) groups is 1. The van der Waals surface area contributed by atoms with Gasteiger partial charge in [-0.05, 0) is 42.7 Å². The normalized spacial score (nSPS) is 14.2. The largest absolute Gasteiger partial charge is 0.349 e. The van der Waals surface area contributed by atoms with Crippen LogP contribution in [0.25, 0.3) is 21.8 Å². The Labute approximate surface area is 150 Å². The van der Waals surface area contributed by atoms with Crippen LogP contribution in [0.2, 0.25) is 0 Å². The fraction of sp³-hybridized carbons (Fsp3) is 0.250. The third kappa shape index (κ3) is 2.63. The van der Waals surface area contributed by atoms with Crippen LogP contribution in [0.15, 0.2) is 42.6 Å². The highest BCUT2D eigenvalue weighted by molar-refractivity contribution is 5.98. The molecule has 130 valence electrons. The molecule has 0 aliphatic heterocycles. The van der Waals surface area contributed by atoms with Crippen molar-refractivity contribution in [3.63, 3.8) is 0 Å². The molecule has 1 amide bonds. The van der Waals surface area contributed by atoms with Crippen LogP contribution in [0.1, 0.15) is 34.5 Å². The Morgan fingerprint density at radius 3 is 3.00 bits per heavy atom. The Morgan fingerprint density at radius 1 is 1.27 bits per heavy atom. The topological polar surface area (TPSA) is 75.6 Å². The zero-order valence-corrected chi connectivity index (χ0v) is 14.5. The number of nitrogens with one attached hydrogen (secondary N) is 2. The van der Waals surface area contributed by atoms with E-state index in [4.69, 9.17) is 0 Å². The number of aromatic amines is 1. The lowest BCUT2D eigenvalue weighted by atomic mass is 10.0. The van der Waals surface area contributed by atoms with Crippen molar-refractivity contribution in [3.05, 3.63) is 59.4 Å². The minimum atomic E-state index is -0.00199. The van der Waals surface area contributed by atoms with Crippen molar-refractivity contribution in [1.29, 1.82) is 0 Å². The van der Waals surface area contributed by atoms with Crippen LogP contribution in [-0.4, -0.2) is 31.9 Å². The molecule has 0 radical (unpaired) electrons. The predicted octanol–water partition coefficient (Wildman–Crippen LogP) is 2.93. The van der Waals surface area contributed by atoms with Gasteiger partial charge < -0.3 is 5.32 Å². The van der Waals surface area contributed by atoms with E-state index in [9.17, 15) is 4.79 Å². The first kappa shape index (κ1) is 15.1. The summed E-state index contributed by atoms with van der Waals surface area (Å²) in [6.07, 6.45) is 4.77. The molecule has 0 unspecified atom stereocenters. The summed E-state index contributed by atoms with van der Waals surface area (Å²) >= 11 is 0. The van der Waals surface area contributed by atoms with Crippen LogP contribution in [0.4, 0.5) is 0 Å². The van der Waals surface area contributed by atoms with Gasteiger partial charge in [0.25, 0.3) is 5.91 Å². The average Bonchev–Trinajstić information content (AvgIpc) is 3.27. The van der Waals surface area contributed by atoms with Gasteiger partial charge in [-0.2, -0.15) is 10.2 Å². The molecule has 5 rings (SSSR count). The summed E-state index contributed by atoms with van der Waals surface area (Å²) in [7, 11) is 1.95. The van der Waals surface area contributed by atoms with Gasteiger partial charge in [-0.3, -0.25) is 14.6 Å². The molecule has 6 nitrogen and oxygen atoms in total. The first-order chi connectivity index (χ1) is 12.7. The quantitative estimate of drug-likeness (QED) is 0.597. The van der Waals surface area contributed by atoms with Crippen LogP contribution in [0.3, 0.4) is 0 Å². The third-order valence-electron chi connectivity index (χ3n) is 5.00. The fourth-order valence-electron chi connectivity index (χ4n) is 3.34. The van der Waals surface area contributed by atoms with E-state index >= 15 is 0 Å². The van der Waals surface area contributed by atoms with Gasteiger partial charge in [0, 0.05) is 41.5 Å². The number of hydrogen-bond acceptors (Lipinski definition) is 3. The smallest absolute Gasteiger partial charge is 0.251 e. The highest BCUT2D eigenvalue weighted by Crippen LogP contribution is 2.24. The van der Waals surface area contributed by atoms with Crippen molar-refractivity contribution in [2.24, 2.45) is 7.05 Å². The van der Waals surface area contributed by atoms with Crippen LogP contribution in [0.5, 0.6) is 0 Å². The number of aryl methyl sites for hydroxylation is 1. The van der Waals surface area contributed by atoms with Crippen LogP contribution in [-0.2, 0) is 13.5 Å². The zero-order chi connectivity index (χ0) is 17.7. The number of H-pyrrole nitrogens is 1. The molecular formula is C20H19N5O. The van der Waals surface area contributed by atoms with E-state index in [1.807, 2.05) is 36.1 Å². The molecule has 2 heterocycles. The summed E-state index contributed by atoms with van der Waals surface area (Å²) in [6, 6.07) is 12.4. The van der Waals surface area contributed by atoms with E-state index in [1.54, 1.807) is 0 Å². The molecular weight excluding hydrogens is 326 g/mol. The highest BCUT2D eigenvalue weighted by Gasteiger charge is 2.24. The van der Waals surface area contributed by atoms with Crippen molar-refractivity contribution in [1.82, 2.24) is 25.3 Å². The highest BCUT2D eigenvalue weighted by atomic mass is 16.1. The first-order valence-electron chi connectivity index (χ1n) is 8.86. The summed E-state index contributed by atoms with van der Waals surface area (Å²) in [5, 5.41) is 17.0. The number of rotatable bonds is 4. The summed E-state index contributed by atoms with van der Waals surface area (Å²) in [5.74, 6) is -0.00199. The zero-order valence-electron chi connectivity index (χ0n) is 14.5. The molecule has 1 saturated carbocycles. The van der Waals surface area contributed by atoms with Crippen LogP contribution < -0.4 is 5.32 Å². The minimum Gasteiger partial charge on any atom is -0.349 e. The SMILES string of the molecule is Cn1ncc2ccc(Cc3[nH]nc4ccc(C(=O)NC5CC5)cc34)cc21. The molecule has 26 heavy (non-hydrogen) atoms. The van der Waals surface area contributed by atoms with Crippen molar-refractivity contribution in [2.75, 3.05) is 0 Å². The summed E-state index contributed by atoms with van der Waals surface area (Å²) in [4.78, 5) is 12.3. The molecule has 6 heteroatoms. The van der Waals surface area contributed by atoms with E-state index < -0.39 is 0 Å². The van der Waals surface area contributed by atoms with Crippen molar-refractivity contribution in [3.8, 4) is 0 Å². The van der Waals surface area contributed by atoms with E-state index in [2.05, 4.69) is 38.8 Å². The number of aromatic nitrogens is 4. The van der Waals surface area contributed by atoms with Gasteiger partial charge >= 0.3 is 0 Å². The molecule has 4 aromatic rings. The van der Waals surface area contributed by atoms with Gasteiger partial charge in [0.2, 0.25) is 0 Å². The number of fused-ring (bicyclic) bond motifs is 2. The second-order valence-electron chi connectivity index (χ2n) is 7.02. The Kier molecular flexibility index (Phi) is 3.31. The second kappa shape index (κ2) is 5.69. The van der Waals surface area contributed by atoms with Crippen molar-refractivity contribution < 1.29 is 4.79 Å². The van der Waals surface area contributed by atoms with Gasteiger partial charge in [-0.25, -0.2) is 0 Å². The number of carbonyl (C=O) groups excluding carboxylic acids is 1. The van der Waals surface area contributed by atoms with Crippen LogP contribution >= 0.6 is 0 Å². The van der Waals surface area contributed by atoms with Gasteiger partial charge in [-0.1, -0.05) is 12.1 Å². The Balaban J connectivity index is 1.48. The van der Waals surface area contributed by atoms with Crippen LogP contribution in [0, 0.1) is 0 Å². The molecule has 0 spiro atoms. The van der Waals surface area contributed by atoms with Gasteiger partial charge in [0.1, 0.15) is 0 Å². The number of amides is 1. The Hall–Kier alpha value is -3.15. The molecule has 1 aliphatic carbocycles. The molecule has 2 aromatic heterocycles. The summed E-state index contributed by atoms with van der Waals surface area (Å²) < 4.78 is 1.88. The molecule has 0 atom stereocenters. The maximum absolute atomic E-state index is 12.3. The Morgan fingerprint density at radius 2 is 2.15 bits per heavy atom. The first-order valence-corrected chi connectivity index (χ1v) is 8.86. The summed E-state index contributed by atoms with van der Waals surface area (Å²) in [5.41, 5.74) is 4.87. The van der Waals surface area contributed by atoms with Gasteiger partial charge in [-0.15, -0.1) is 0 Å². The lowest BCUT2D eigenvalue weighted by molar-refractivity contribution is 0.0951. The van der Waals surface area contributed by atoms with E-state index in [0.29, 0.717) is 11.6 Å². The third-order valence-corrected chi connectivity index (χ3v) is 5.00. The standard InChI is InChI=1S/C20H19N5O/c1-25-19-9-12(2-3-14(19)11-21-25)8-18-16-10-13(4-7-17(16)23-24-18)20(26)22-15-5-6-15/h2-4,7,9-11,15H,5-6,8H2,1H3,(H,22,26)(H,23,24). The van der Waals surface area contributed by atoms with Gasteiger partial charge in [0.15, 0.2) is 0 Å². The molecule has 0 saturated heterocycles. The molecule has 0 bridgehead atoms. The number of benzene rings is 2. The number of nitrogens with zero attached hydrogens (tertiary/aromatic N) is 3. The molecule has 1 aliphatic rings. The predicted molar refractivity (Wildman–Crippen MR) is 100 cm³/mol. The summed E-state index contributed by atoms with van der Waals surface area (Å²) in [6.45, 7) is 0. The van der Waals surface area contributed by atoms with Crippen molar-refractivity contribution in [2.45, 2.75) is 25.3 Å². The van der Waals surface area contributed by atoms with Crippen molar-refractivity contribution >= 4 is 27.7 Å². The van der Waals surface area contributed by atoms with E-state index in [0.717, 1.165) is 46.8 Å². The average molecular weight is 345 g/mol. The molecule has 2 aromatic carbocycles. The monoisotopic (exact) mass is 345 g/mol. The maximum Gasteiger partial charge on any atom is 0.251 e. The molecule has 1 fully saturated rings. The second-order valence-corrected chi connectivity index (χ2v) is 7.02. The Bertz CT molecular complexity index is 1140. The fourth-order valence-corrected chi connectivity index (χ4v) is 3.34.